The van der Waals surface area contributed by atoms with E-state index >= 15 is 0 Å². The van der Waals surface area contributed by atoms with E-state index in [0.717, 1.165) is 13.0 Å². The molecule has 4 atom stereocenters. The zero-order chi connectivity index (χ0) is 22.1. The number of benzene rings is 2. The molecule has 1 N–H and O–H groups in total. The fraction of sp³-hybridized carbons (Fsp3) is 0.517. The topological polar surface area (TPSA) is 12.0 Å². The molecule has 4 unspecified atom stereocenters. The van der Waals surface area contributed by atoms with Crippen LogP contribution in [-0.2, 0) is 6.54 Å². The molecule has 3 rings (SSSR count). The summed E-state index contributed by atoms with van der Waals surface area (Å²) in [6.07, 6.45) is 2.22. The minimum Gasteiger partial charge on any atom is -0.307 e. The molecule has 0 aromatic heterocycles. The number of hydrogen-bond acceptors (Lipinski definition) is 1. The second kappa shape index (κ2) is 8.71. The first-order valence-corrected chi connectivity index (χ1v) is 11.7. The van der Waals surface area contributed by atoms with E-state index in [9.17, 15) is 0 Å². The van der Waals surface area contributed by atoms with Gasteiger partial charge in [0.25, 0.3) is 0 Å². The van der Waals surface area contributed by atoms with Gasteiger partial charge >= 0.3 is 0 Å². The maximum atomic E-state index is 4.50. The Morgan fingerprint density at radius 2 is 1.63 bits per heavy atom. The van der Waals surface area contributed by atoms with Crippen LogP contribution in [0.25, 0.3) is 5.57 Å². The first-order chi connectivity index (χ1) is 14.1. The minimum atomic E-state index is 0.119. The Kier molecular flexibility index (Phi) is 6.63. The summed E-state index contributed by atoms with van der Waals surface area (Å²) in [5.74, 6) is 1.79. The smallest absolute Gasteiger partial charge is 0.0223 e. The molecule has 1 fully saturated rings. The van der Waals surface area contributed by atoms with Gasteiger partial charge in [0.05, 0.1) is 0 Å². The lowest BCUT2D eigenvalue weighted by atomic mass is 9.43. The van der Waals surface area contributed by atoms with E-state index in [1.807, 2.05) is 0 Å². The average Bonchev–Trinajstić information content (AvgIpc) is 2.75. The van der Waals surface area contributed by atoms with Crippen LogP contribution in [0.2, 0.25) is 0 Å². The zero-order valence-electron chi connectivity index (χ0n) is 20.2. The van der Waals surface area contributed by atoms with Gasteiger partial charge in [-0.2, -0.15) is 0 Å². The molecule has 1 heteroatoms. The molecular formula is C29H41N. The Hall–Kier alpha value is -1.86. The molecule has 2 aromatic carbocycles. The van der Waals surface area contributed by atoms with Gasteiger partial charge in [0, 0.05) is 12.1 Å². The number of allylic oxidation sites excluding steroid dienone is 1. The molecule has 2 aromatic rings. The van der Waals surface area contributed by atoms with Crippen molar-refractivity contribution in [3.8, 4) is 0 Å². The Balaban J connectivity index is 1.71. The van der Waals surface area contributed by atoms with E-state index in [2.05, 4.69) is 109 Å². The third kappa shape index (κ3) is 4.28. The van der Waals surface area contributed by atoms with E-state index in [0.29, 0.717) is 23.2 Å². The van der Waals surface area contributed by atoms with Gasteiger partial charge < -0.3 is 5.32 Å². The Bertz CT molecular complexity index is 858. The first-order valence-electron chi connectivity index (χ1n) is 11.7. The van der Waals surface area contributed by atoms with Crippen molar-refractivity contribution in [2.45, 2.75) is 79.3 Å². The summed E-state index contributed by atoms with van der Waals surface area (Å²) >= 11 is 0. The van der Waals surface area contributed by atoms with Crippen molar-refractivity contribution in [1.29, 1.82) is 0 Å². The number of rotatable bonds is 8. The summed E-state index contributed by atoms with van der Waals surface area (Å²) < 4.78 is 0. The predicted octanol–water partition coefficient (Wildman–Crippen LogP) is 7.75. The second-order valence-electron chi connectivity index (χ2n) is 10.5. The largest absolute Gasteiger partial charge is 0.307 e. The number of aryl methyl sites for hydroxylation is 1. The third-order valence-electron chi connectivity index (χ3n) is 8.38. The van der Waals surface area contributed by atoms with Crippen molar-refractivity contribution in [2.24, 2.45) is 17.3 Å². The van der Waals surface area contributed by atoms with Gasteiger partial charge in [-0.25, -0.2) is 0 Å². The molecule has 0 spiro atoms. The van der Waals surface area contributed by atoms with Gasteiger partial charge in [0.2, 0.25) is 0 Å². The SMILES string of the molecule is C=C(CC1C(C)(C)C(C)C1(C)NCc1ccc(C)cc1)c1ccc(C(C)CC)cc1. The lowest BCUT2D eigenvalue weighted by molar-refractivity contribution is -0.119. The van der Waals surface area contributed by atoms with E-state index in [1.54, 1.807) is 0 Å². The van der Waals surface area contributed by atoms with Crippen molar-refractivity contribution >= 4 is 5.57 Å². The highest BCUT2D eigenvalue weighted by molar-refractivity contribution is 5.64. The number of hydrogen-bond donors (Lipinski definition) is 1. The van der Waals surface area contributed by atoms with Crippen molar-refractivity contribution in [2.75, 3.05) is 0 Å². The van der Waals surface area contributed by atoms with Gasteiger partial charge in [-0.1, -0.05) is 95.3 Å². The van der Waals surface area contributed by atoms with Crippen molar-refractivity contribution < 1.29 is 0 Å². The van der Waals surface area contributed by atoms with Crippen LogP contribution >= 0.6 is 0 Å². The van der Waals surface area contributed by atoms with Crippen LogP contribution in [0.5, 0.6) is 0 Å². The molecule has 0 heterocycles. The molecular weight excluding hydrogens is 362 g/mol. The highest BCUT2D eigenvalue weighted by atomic mass is 15.0. The zero-order valence-corrected chi connectivity index (χ0v) is 20.2. The minimum absolute atomic E-state index is 0.119. The molecule has 1 saturated carbocycles. The third-order valence-corrected chi connectivity index (χ3v) is 8.38. The lowest BCUT2D eigenvalue weighted by Gasteiger charge is -2.65. The van der Waals surface area contributed by atoms with Gasteiger partial charge in [-0.05, 0) is 72.1 Å². The first kappa shape index (κ1) is 22.8. The van der Waals surface area contributed by atoms with Crippen LogP contribution in [-0.4, -0.2) is 5.54 Å². The average molecular weight is 404 g/mol. The molecule has 162 valence electrons. The maximum absolute atomic E-state index is 4.50. The molecule has 0 amide bonds. The standard InChI is InChI=1S/C29H41N/c1-9-21(3)25-14-16-26(17-15-25)22(4)18-27-28(6,7)23(5)29(27,8)30-19-24-12-10-20(2)11-13-24/h10-17,21,23,27,30H,4,9,18-19H2,1-3,5-8H3. The summed E-state index contributed by atoms with van der Waals surface area (Å²) in [6.45, 7) is 21.8. The molecule has 1 nitrogen and oxygen atoms in total. The summed E-state index contributed by atoms with van der Waals surface area (Å²) in [4.78, 5) is 0. The summed E-state index contributed by atoms with van der Waals surface area (Å²) in [6, 6.07) is 18.0. The molecule has 1 aliphatic rings. The van der Waals surface area contributed by atoms with Crippen molar-refractivity contribution in [1.82, 2.24) is 5.32 Å². The van der Waals surface area contributed by atoms with Crippen LogP contribution in [0.1, 0.15) is 82.6 Å². The Labute approximate surface area is 185 Å². The highest BCUT2D eigenvalue weighted by Gasteiger charge is 2.61. The van der Waals surface area contributed by atoms with Gasteiger partial charge in [0.1, 0.15) is 0 Å². The van der Waals surface area contributed by atoms with Crippen molar-refractivity contribution in [3.63, 3.8) is 0 Å². The predicted molar refractivity (Wildman–Crippen MR) is 132 cm³/mol. The molecule has 0 radical (unpaired) electrons. The van der Waals surface area contributed by atoms with E-state index in [-0.39, 0.29) is 5.54 Å². The number of nitrogens with one attached hydrogen (secondary N) is 1. The van der Waals surface area contributed by atoms with Crippen LogP contribution < -0.4 is 5.32 Å². The fourth-order valence-corrected chi connectivity index (χ4v) is 5.45. The maximum Gasteiger partial charge on any atom is 0.0223 e. The van der Waals surface area contributed by atoms with Crippen LogP contribution in [0, 0.1) is 24.2 Å². The normalized spacial score (nSPS) is 26.1. The Morgan fingerprint density at radius 1 is 1.03 bits per heavy atom. The molecule has 0 aliphatic heterocycles. The second-order valence-corrected chi connectivity index (χ2v) is 10.5. The molecule has 30 heavy (non-hydrogen) atoms. The molecule has 0 saturated heterocycles. The van der Waals surface area contributed by atoms with Gasteiger partial charge in [-0.15, -0.1) is 0 Å². The lowest BCUT2D eigenvalue weighted by Crippen LogP contribution is -2.71. The van der Waals surface area contributed by atoms with Crippen molar-refractivity contribution in [3.05, 3.63) is 77.4 Å². The Morgan fingerprint density at radius 3 is 2.20 bits per heavy atom. The van der Waals surface area contributed by atoms with E-state index in [1.165, 1.54) is 34.2 Å². The van der Waals surface area contributed by atoms with Crippen LogP contribution in [0.15, 0.2) is 55.1 Å². The summed E-state index contributed by atoms with van der Waals surface area (Å²) in [5.41, 5.74) is 7.07. The van der Waals surface area contributed by atoms with Gasteiger partial charge in [-0.3, -0.25) is 0 Å². The summed E-state index contributed by atoms with van der Waals surface area (Å²) in [7, 11) is 0. The van der Waals surface area contributed by atoms with E-state index < -0.39 is 0 Å². The highest BCUT2D eigenvalue weighted by Crippen LogP contribution is 2.60. The van der Waals surface area contributed by atoms with Crippen LogP contribution in [0.3, 0.4) is 0 Å². The molecule has 1 aliphatic carbocycles. The monoisotopic (exact) mass is 403 g/mol. The molecule has 0 bridgehead atoms. The summed E-state index contributed by atoms with van der Waals surface area (Å²) in [5, 5.41) is 3.93. The van der Waals surface area contributed by atoms with Gasteiger partial charge in [0.15, 0.2) is 0 Å². The fourth-order valence-electron chi connectivity index (χ4n) is 5.45. The quantitative estimate of drug-likeness (QED) is 0.475. The van der Waals surface area contributed by atoms with Crippen LogP contribution in [0.4, 0.5) is 0 Å². The van der Waals surface area contributed by atoms with E-state index in [4.69, 9.17) is 0 Å².